The molecule has 2 saturated heterocycles. The van der Waals surface area contributed by atoms with Crippen LogP contribution in [0.4, 0.5) is 10.5 Å². The van der Waals surface area contributed by atoms with E-state index >= 15 is 0 Å². The van der Waals surface area contributed by atoms with Crippen molar-refractivity contribution in [3.8, 4) is 0 Å². The number of carbonyl (C=O) groups is 2. The van der Waals surface area contributed by atoms with Crippen LogP contribution >= 0.6 is 0 Å². The summed E-state index contributed by atoms with van der Waals surface area (Å²) < 4.78 is 5.41. The van der Waals surface area contributed by atoms with Gasteiger partial charge < -0.3 is 25.2 Å². The minimum atomic E-state index is -0.566. The molecule has 0 saturated carbocycles. The minimum absolute atomic E-state index is 0.0143. The van der Waals surface area contributed by atoms with Crippen LogP contribution in [0.3, 0.4) is 0 Å². The molecule has 8 nitrogen and oxygen atoms in total. The van der Waals surface area contributed by atoms with Crippen LogP contribution in [0.5, 0.6) is 0 Å². The van der Waals surface area contributed by atoms with E-state index in [1.807, 2.05) is 47.4 Å². The topological polar surface area (TPSA) is 86.8 Å². The fraction of sp³-hybridized carbons (Fsp3) is 0.480. The van der Waals surface area contributed by atoms with Crippen molar-refractivity contribution in [2.75, 3.05) is 44.2 Å². The quantitative estimate of drug-likeness (QED) is 0.672. The summed E-state index contributed by atoms with van der Waals surface area (Å²) in [5, 5.41) is 6.24. The molecule has 0 bridgehead atoms. The SMILES string of the molecule is O=C(N[C@@H](CC1CCNCC1)C(=O)N1CCN(c2ccncc2)CC1)OCc1ccccc1. The third-order valence-electron chi connectivity index (χ3n) is 6.45. The molecule has 33 heavy (non-hydrogen) atoms. The Morgan fingerprint density at radius 2 is 1.73 bits per heavy atom. The Morgan fingerprint density at radius 3 is 2.42 bits per heavy atom. The van der Waals surface area contributed by atoms with Crippen LogP contribution in [0.2, 0.25) is 0 Å². The number of anilines is 1. The number of hydrogen-bond donors (Lipinski definition) is 2. The molecule has 1 aromatic heterocycles. The first-order valence-corrected chi connectivity index (χ1v) is 11.8. The van der Waals surface area contributed by atoms with Gasteiger partial charge in [0.15, 0.2) is 0 Å². The zero-order valence-electron chi connectivity index (χ0n) is 19.0. The van der Waals surface area contributed by atoms with Gasteiger partial charge in [0.05, 0.1) is 0 Å². The fourth-order valence-electron chi connectivity index (χ4n) is 4.54. The van der Waals surface area contributed by atoms with E-state index in [0.29, 0.717) is 25.4 Å². The van der Waals surface area contributed by atoms with Gasteiger partial charge in [0.2, 0.25) is 5.91 Å². The lowest BCUT2D eigenvalue weighted by Crippen LogP contribution is -2.55. The zero-order valence-corrected chi connectivity index (χ0v) is 19.0. The monoisotopic (exact) mass is 451 g/mol. The summed E-state index contributed by atoms with van der Waals surface area (Å²) in [5.41, 5.74) is 2.03. The van der Waals surface area contributed by atoms with Crippen LogP contribution in [0.1, 0.15) is 24.8 Å². The first kappa shape index (κ1) is 23.0. The van der Waals surface area contributed by atoms with E-state index in [9.17, 15) is 9.59 Å². The molecule has 2 N–H and O–H groups in total. The molecule has 0 aliphatic carbocycles. The van der Waals surface area contributed by atoms with Crippen molar-refractivity contribution in [1.29, 1.82) is 0 Å². The Labute approximate surface area is 195 Å². The smallest absolute Gasteiger partial charge is 0.408 e. The maximum absolute atomic E-state index is 13.4. The lowest BCUT2D eigenvalue weighted by atomic mass is 9.90. The number of hydrogen-bond acceptors (Lipinski definition) is 6. The van der Waals surface area contributed by atoms with E-state index < -0.39 is 12.1 Å². The Balaban J connectivity index is 1.35. The molecule has 2 fully saturated rings. The number of nitrogens with one attached hydrogen (secondary N) is 2. The van der Waals surface area contributed by atoms with Crippen LogP contribution in [0.25, 0.3) is 0 Å². The lowest BCUT2D eigenvalue weighted by Gasteiger charge is -2.38. The maximum atomic E-state index is 13.4. The van der Waals surface area contributed by atoms with Gasteiger partial charge in [-0.2, -0.15) is 0 Å². The van der Waals surface area contributed by atoms with Crippen LogP contribution in [0, 0.1) is 5.92 Å². The summed E-state index contributed by atoms with van der Waals surface area (Å²) >= 11 is 0. The Kier molecular flexibility index (Phi) is 8.14. The van der Waals surface area contributed by atoms with Gasteiger partial charge in [-0.05, 0) is 56.0 Å². The number of amides is 2. The number of aromatic nitrogens is 1. The van der Waals surface area contributed by atoms with Gasteiger partial charge in [0.1, 0.15) is 12.6 Å². The molecule has 2 aromatic rings. The third kappa shape index (κ3) is 6.68. The summed E-state index contributed by atoms with van der Waals surface area (Å²) in [7, 11) is 0. The van der Waals surface area contributed by atoms with Crippen molar-refractivity contribution in [1.82, 2.24) is 20.5 Å². The molecule has 1 atom stereocenters. The van der Waals surface area contributed by atoms with Crippen LogP contribution in [-0.4, -0.2) is 67.2 Å². The molecule has 2 aliphatic heterocycles. The van der Waals surface area contributed by atoms with Crippen molar-refractivity contribution >= 4 is 17.7 Å². The summed E-state index contributed by atoms with van der Waals surface area (Å²) in [5.74, 6) is 0.396. The van der Waals surface area contributed by atoms with E-state index in [4.69, 9.17) is 4.74 Å². The van der Waals surface area contributed by atoms with Crippen molar-refractivity contribution in [2.24, 2.45) is 5.92 Å². The number of ether oxygens (including phenoxy) is 1. The number of piperazine rings is 1. The molecule has 1 aromatic carbocycles. The van der Waals surface area contributed by atoms with Gasteiger partial charge in [-0.1, -0.05) is 30.3 Å². The fourth-order valence-corrected chi connectivity index (χ4v) is 4.54. The van der Waals surface area contributed by atoms with Crippen molar-refractivity contribution < 1.29 is 14.3 Å². The minimum Gasteiger partial charge on any atom is -0.445 e. The largest absolute Gasteiger partial charge is 0.445 e. The average molecular weight is 452 g/mol. The highest BCUT2D eigenvalue weighted by atomic mass is 16.5. The van der Waals surface area contributed by atoms with Crippen molar-refractivity contribution in [2.45, 2.75) is 31.9 Å². The zero-order chi connectivity index (χ0) is 22.9. The molecule has 0 spiro atoms. The Morgan fingerprint density at radius 1 is 1.03 bits per heavy atom. The Hall–Kier alpha value is -3.13. The molecular formula is C25H33N5O3. The summed E-state index contributed by atoms with van der Waals surface area (Å²) in [4.78, 5) is 34.2. The number of benzene rings is 1. The summed E-state index contributed by atoms with van der Waals surface area (Å²) in [6, 6.07) is 13.0. The van der Waals surface area contributed by atoms with Gasteiger partial charge in [-0.25, -0.2) is 4.79 Å². The van der Waals surface area contributed by atoms with Crippen molar-refractivity contribution in [3.05, 3.63) is 60.4 Å². The number of carbonyl (C=O) groups excluding carboxylic acids is 2. The molecular weight excluding hydrogens is 418 g/mol. The number of pyridine rings is 1. The van der Waals surface area contributed by atoms with E-state index in [1.165, 1.54) is 0 Å². The third-order valence-corrected chi connectivity index (χ3v) is 6.45. The van der Waals surface area contributed by atoms with E-state index in [-0.39, 0.29) is 12.5 Å². The summed E-state index contributed by atoms with van der Waals surface area (Å²) in [6.45, 7) is 4.87. The highest BCUT2D eigenvalue weighted by Crippen LogP contribution is 2.21. The van der Waals surface area contributed by atoms with Gasteiger partial charge in [-0.15, -0.1) is 0 Å². The van der Waals surface area contributed by atoms with E-state index in [1.54, 1.807) is 12.4 Å². The predicted molar refractivity (Wildman–Crippen MR) is 127 cm³/mol. The molecule has 176 valence electrons. The number of alkyl carbamates (subject to hydrolysis) is 1. The predicted octanol–water partition coefficient (Wildman–Crippen LogP) is 2.41. The number of rotatable bonds is 7. The molecule has 4 rings (SSSR count). The Bertz CT molecular complexity index is 881. The molecule has 3 heterocycles. The second-order valence-electron chi connectivity index (χ2n) is 8.71. The van der Waals surface area contributed by atoms with Crippen LogP contribution in [0.15, 0.2) is 54.9 Å². The normalized spacial score (nSPS) is 17.9. The van der Waals surface area contributed by atoms with Crippen LogP contribution in [-0.2, 0) is 16.1 Å². The number of nitrogens with zero attached hydrogens (tertiary/aromatic N) is 3. The second kappa shape index (κ2) is 11.7. The standard InChI is InChI=1S/C25H33N5O3/c31-24(30-16-14-29(15-17-30)22-8-12-27-13-9-22)23(18-20-6-10-26-11-7-20)28-25(32)33-19-21-4-2-1-3-5-21/h1-5,8-9,12-13,20,23,26H,6-7,10-11,14-19H2,(H,28,32)/t23-/m0/s1. The highest BCUT2D eigenvalue weighted by Gasteiger charge is 2.31. The van der Waals surface area contributed by atoms with Gasteiger partial charge in [0, 0.05) is 44.3 Å². The molecule has 2 aliphatic rings. The summed E-state index contributed by atoms with van der Waals surface area (Å²) in [6.07, 6.45) is 5.70. The second-order valence-corrected chi connectivity index (χ2v) is 8.71. The number of piperidine rings is 1. The lowest BCUT2D eigenvalue weighted by molar-refractivity contribution is -0.134. The molecule has 8 heteroatoms. The van der Waals surface area contributed by atoms with Crippen molar-refractivity contribution in [3.63, 3.8) is 0 Å². The average Bonchev–Trinajstić information content (AvgIpc) is 2.88. The highest BCUT2D eigenvalue weighted by molar-refractivity contribution is 5.86. The molecule has 0 unspecified atom stereocenters. The van der Waals surface area contributed by atoms with Gasteiger partial charge >= 0.3 is 6.09 Å². The first-order valence-electron chi connectivity index (χ1n) is 11.8. The van der Waals surface area contributed by atoms with Gasteiger partial charge in [-0.3, -0.25) is 9.78 Å². The maximum Gasteiger partial charge on any atom is 0.408 e. The van der Waals surface area contributed by atoms with E-state index in [2.05, 4.69) is 20.5 Å². The molecule has 2 amide bonds. The van der Waals surface area contributed by atoms with E-state index in [0.717, 1.165) is 50.3 Å². The van der Waals surface area contributed by atoms with Crippen LogP contribution < -0.4 is 15.5 Å². The molecule has 0 radical (unpaired) electrons. The first-order chi connectivity index (χ1) is 16.2. The van der Waals surface area contributed by atoms with Gasteiger partial charge in [0.25, 0.3) is 0 Å².